The van der Waals surface area contributed by atoms with Crippen LogP contribution in [0.4, 0.5) is 5.82 Å². The Balaban J connectivity index is 1.37. The van der Waals surface area contributed by atoms with E-state index in [-0.39, 0.29) is 18.4 Å². The smallest absolute Gasteiger partial charge is 0.257 e. The number of aromatic nitrogens is 1. The van der Waals surface area contributed by atoms with Gasteiger partial charge in [0.1, 0.15) is 11.6 Å². The summed E-state index contributed by atoms with van der Waals surface area (Å²) in [6.45, 7) is 4.44. The Kier molecular flexibility index (Phi) is 5.12. The molecule has 1 aromatic heterocycles. The number of hydrogen-bond acceptors (Lipinski definition) is 6. The van der Waals surface area contributed by atoms with Crippen LogP contribution < -0.4 is 21.1 Å². The van der Waals surface area contributed by atoms with Crippen molar-refractivity contribution in [1.82, 2.24) is 20.5 Å². The van der Waals surface area contributed by atoms with E-state index in [1.165, 1.54) is 0 Å². The van der Waals surface area contributed by atoms with E-state index in [4.69, 9.17) is 10.5 Å². The van der Waals surface area contributed by atoms with Crippen LogP contribution in [0, 0.1) is 0 Å². The fourth-order valence-electron chi connectivity index (χ4n) is 5.23. The summed E-state index contributed by atoms with van der Waals surface area (Å²) >= 11 is 0. The first-order valence-corrected chi connectivity index (χ1v) is 11.9. The molecule has 0 spiro atoms. The third kappa shape index (κ3) is 3.65. The van der Waals surface area contributed by atoms with Crippen molar-refractivity contribution in [1.29, 1.82) is 0 Å². The van der Waals surface area contributed by atoms with Crippen molar-refractivity contribution in [3.05, 3.63) is 102 Å². The van der Waals surface area contributed by atoms with Gasteiger partial charge in [0.15, 0.2) is 5.54 Å². The van der Waals surface area contributed by atoms with Gasteiger partial charge in [0, 0.05) is 23.1 Å². The largest absolute Gasteiger partial charge is 0.497 e. The molecule has 0 aliphatic carbocycles. The second-order valence-electron chi connectivity index (χ2n) is 9.34. The highest BCUT2D eigenvalue weighted by Crippen LogP contribution is 2.35. The van der Waals surface area contributed by atoms with Crippen LogP contribution in [0.25, 0.3) is 22.0 Å². The predicted octanol–water partition coefficient (Wildman–Crippen LogP) is 3.53. The summed E-state index contributed by atoms with van der Waals surface area (Å²) in [6, 6.07) is 22.9. The normalized spacial score (nSPS) is 18.6. The molecule has 0 radical (unpaired) electrons. The van der Waals surface area contributed by atoms with Crippen LogP contribution in [0.15, 0.2) is 85.2 Å². The number of hydrogen-bond donors (Lipinski definition) is 3. The van der Waals surface area contributed by atoms with Crippen LogP contribution in [0.5, 0.6) is 5.75 Å². The van der Waals surface area contributed by atoms with Gasteiger partial charge in [0.2, 0.25) is 0 Å². The summed E-state index contributed by atoms with van der Waals surface area (Å²) in [5, 5.41) is 7.99. The number of carbonyl (C=O) groups excluding carboxylic acids is 2. The lowest BCUT2D eigenvalue weighted by atomic mass is 9.88. The highest BCUT2D eigenvalue weighted by atomic mass is 16.5. The molecule has 2 aliphatic rings. The van der Waals surface area contributed by atoms with Gasteiger partial charge in [-0.05, 0) is 34.7 Å². The molecule has 1 saturated heterocycles. The van der Waals surface area contributed by atoms with Crippen LogP contribution in [-0.4, -0.2) is 35.4 Å². The van der Waals surface area contributed by atoms with Crippen LogP contribution in [0.1, 0.15) is 21.5 Å². The number of fused-ring (bicyclic) bond motifs is 2. The van der Waals surface area contributed by atoms with Crippen molar-refractivity contribution in [2.24, 2.45) is 0 Å². The van der Waals surface area contributed by atoms with E-state index in [2.05, 4.69) is 22.2 Å². The molecule has 1 atom stereocenters. The quantitative estimate of drug-likeness (QED) is 0.394. The Bertz CT molecular complexity index is 1600. The maximum absolute atomic E-state index is 13.3. The molecule has 0 bridgehead atoms. The number of methoxy groups -OCH3 is 1. The Morgan fingerprint density at radius 3 is 2.59 bits per heavy atom. The number of amides is 2. The Labute approximate surface area is 213 Å². The number of pyridine rings is 1. The minimum atomic E-state index is -1.19. The number of rotatable bonds is 5. The van der Waals surface area contributed by atoms with E-state index in [1.807, 2.05) is 66.7 Å². The fourth-order valence-corrected chi connectivity index (χ4v) is 5.23. The van der Waals surface area contributed by atoms with Gasteiger partial charge in [0.05, 0.1) is 25.2 Å². The van der Waals surface area contributed by atoms with Gasteiger partial charge in [0.25, 0.3) is 11.8 Å². The van der Waals surface area contributed by atoms with Crippen molar-refractivity contribution in [2.75, 3.05) is 19.4 Å². The maximum Gasteiger partial charge on any atom is 0.257 e. The first-order chi connectivity index (χ1) is 17.9. The second-order valence-corrected chi connectivity index (χ2v) is 9.34. The van der Waals surface area contributed by atoms with E-state index < -0.39 is 5.54 Å². The first-order valence-electron chi connectivity index (χ1n) is 11.9. The average Bonchev–Trinajstić information content (AvgIpc) is 3.37. The van der Waals surface area contributed by atoms with Gasteiger partial charge in [-0.1, -0.05) is 61.2 Å². The average molecular weight is 492 g/mol. The highest BCUT2D eigenvalue weighted by molar-refractivity contribution is 6.00. The van der Waals surface area contributed by atoms with Gasteiger partial charge in [-0.2, -0.15) is 0 Å². The lowest BCUT2D eigenvalue weighted by molar-refractivity contribution is -0.124. The molecule has 184 valence electrons. The minimum Gasteiger partial charge on any atom is -0.497 e. The molecule has 0 unspecified atom stereocenters. The highest BCUT2D eigenvalue weighted by Gasteiger charge is 2.48. The maximum atomic E-state index is 13.3. The minimum absolute atomic E-state index is 0.131. The van der Waals surface area contributed by atoms with E-state index in [9.17, 15) is 9.59 Å². The van der Waals surface area contributed by atoms with Crippen LogP contribution in [0.3, 0.4) is 0 Å². The first kappa shape index (κ1) is 22.6. The number of nitrogens with two attached hydrogens (primary N) is 1. The summed E-state index contributed by atoms with van der Waals surface area (Å²) in [4.78, 5) is 32.9. The molecule has 2 aliphatic heterocycles. The van der Waals surface area contributed by atoms with Crippen molar-refractivity contribution in [3.63, 3.8) is 0 Å². The molecule has 4 N–H and O–H groups in total. The molecular formula is C29H25N5O3. The Morgan fingerprint density at radius 1 is 1.08 bits per heavy atom. The molecule has 8 nitrogen and oxygen atoms in total. The van der Waals surface area contributed by atoms with Crippen molar-refractivity contribution in [3.8, 4) is 17.0 Å². The van der Waals surface area contributed by atoms with E-state index in [0.717, 1.165) is 27.6 Å². The molecule has 4 aromatic rings. The number of anilines is 1. The fraction of sp³-hybridized carbons (Fsp3) is 0.138. The zero-order valence-electron chi connectivity index (χ0n) is 20.2. The lowest BCUT2D eigenvalue weighted by Crippen LogP contribution is -2.52. The van der Waals surface area contributed by atoms with Crippen molar-refractivity contribution >= 4 is 28.4 Å². The standard InChI is InChI=1S/C29H25N5O3/c1-17-31-28(36)29(33-17,16-34-15-20-9-12-22(37-2)14-24(20)27(34)35)21-10-7-18(8-11-21)26-23-6-4-3-5-19(23)13-25(30)32-26/h3-14,33H,1,15-16H2,2H3,(H2,30,32)(H,31,36)/t29-/m0/s1. The van der Waals surface area contributed by atoms with Gasteiger partial charge in [-0.3, -0.25) is 9.59 Å². The molecule has 37 heavy (non-hydrogen) atoms. The molecule has 3 heterocycles. The summed E-state index contributed by atoms with van der Waals surface area (Å²) in [5.74, 6) is 1.04. The number of ether oxygens (including phenoxy) is 1. The molecule has 3 aromatic carbocycles. The molecule has 0 saturated carbocycles. The summed E-state index contributed by atoms with van der Waals surface area (Å²) in [5.41, 5.74) is 8.71. The van der Waals surface area contributed by atoms with Crippen LogP contribution in [0.2, 0.25) is 0 Å². The number of carbonyl (C=O) groups is 2. The van der Waals surface area contributed by atoms with E-state index >= 15 is 0 Å². The number of nitrogens with one attached hydrogen (secondary N) is 2. The van der Waals surface area contributed by atoms with Crippen LogP contribution in [-0.2, 0) is 16.9 Å². The summed E-state index contributed by atoms with van der Waals surface area (Å²) in [6.07, 6.45) is 0. The summed E-state index contributed by atoms with van der Waals surface area (Å²) in [7, 11) is 1.57. The van der Waals surface area contributed by atoms with Gasteiger partial charge < -0.3 is 26.0 Å². The van der Waals surface area contributed by atoms with E-state index in [0.29, 0.717) is 35.1 Å². The van der Waals surface area contributed by atoms with Gasteiger partial charge in [-0.25, -0.2) is 4.98 Å². The van der Waals surface area contributed by atoms with Crippen LogP contribution >= 0.6 is 0 Å². The number of nitrogen functional groups attached to an aromatic ring is 1. The monoisotopic (exact) mass is 491 g/mol. The third-order valence-corrected chi connectivity index (χ3v) is 7.05. The zero-order chi connectivity index (χ0) is 25.7. The SMILES string of the molecule is C=C1NC(=O)[C@](CN2Cc3ccc(OC)cc3C2=O)(c2ccc(-c3nc(N)cc4ccccc34)cc2)N1. The van der Waals surface area contributed by atoms with E-state index in [1.54, 1.807) is 18.1 Å². The van der Waals surface area contributed by atoms with Gasteiger partial charge >= 0.3 is 0 Å². The van der Waals surface area contributed by atoms with Crippen molar-refractivity contribution in [2.45, 2.75) is 12.1 Å². The molecule has 1 fully saturated rings. The Morgan fingerprint density at radius 2 is 1.86 bits per heavy atom. The molecular weight excluding hydrogens is 466 g/mol. The molecule has 2 amide bonds. The molecule has 8 heteroatoms. The lowest BCUT2D eigenvalue weighted by Gasteiger charge is -2.32. The number of benzene rings is 3. The Hall–Kier alpha value is -4.85. The predicted molar refractivity (Wildman–Crippen MR) is 141 cm³/mol. The summed E-state index contributed by atoms with van der Waals surface area (Å²) < 4.78 is 5.29. The third-order valence-electron chi connectivity index (χ3n) is 7.05. The van der Waals surface area contributed by atoms with Crippen molar-refractivity contribution < 1.29 is 14.3 Å². The van der Waals surface area contributed by atoms with Gasteiger partial charge in [-0.15, -0.1) is 0 Å². The second kappa shape index (κ2) is 8.37. The topological polar surface area (TPSA) is 110 Å². The number of nitrogens with zero attached hydrogens (tertiary/aromatic N) is 2. The zero-order valence-corrected chi connectivity index (χ0v) is 20.2. The molecule has 6 rings (SSSR count).